The highest BCUT2D eigenvalue weighted by Gasteiger charge is 2.11. The quantitative estimate of drug-likeness (QED) is 0.680. The van der Waals surface area contributed by atoms with Gasteiger partial charge in [-0.15, -0.1) is 0 Å². The number of aryl methyl sites for hydroxylation is 1. The number of aromatic nitrogens is 2. The van der Waals surface area contributed by atoms with Crippen LogP contribution in [-0.4, -0.2) is 15.3 Å². The summed E-state index contributed by atoms with van der Waals surface area (Å²) in [6.45, 7) is 2.31. The van der Waals surface area contributed by atoms with Gasteiger partial charge < -0.3 is 4.57 Å². The van der Waals surface area contributed by atoms with Crippen LogP contribution in [0.1, 0.15) is 15.9 Å². The van der Waals surface area contributed by atoms with Crippen LogP contribution in [0.3, 0.4) is 0 Å². The van der Waals surface area contributed by atoms with Crippen molar-refractivity contribution in [3.8, 4) is 11.4 Å². The van der Waals surface area contributed by atoms with E-state index in [2.05, 4.69) is 4.98 Å². The number of Topliss-reactive ketones (excluding diaryl/α,β-unsaturated/α-hetero) is 1. The molecule has 2 aromatic carbocycles. The minimum absolute atomic E-state index is 0.0881. The Balaban J connectivity index is 1.85. The first-order valence-electron chi connectivity index (χ1n) is 6.90. The minimum Gasteiger partial charge on any atom is -0.323 e. The Labute approximate surface area is 123 Å². The SMILES string of the molecule is Cc1ccc(C(=O)Cn2ccnc2-c2ccccc2)cc1. The zero-order valence-corrected chi connectivity index (χ0v) is 11.9. The highest BCUT2D eigenvalue weighted by atomic mass is 16.1. The summed E-state index contributed by atoms with van der Waals surface area (Å²) in [6.07, 6.45) is 3.57. The van der Waals surface area contributed by atoms with Crippen LogP contribution >= 0.6 is 0 Å². The first-order chi connectivity index (χ1) is 10.2. The van der Waals surface area contributed by atoms with Crippen LogP contribution in [0.25, 0.3) is 11.4 Å². The van der Waals surface area contributed by atoms with Crippen LogP contribution < -0.4 is 0 Å². The summed E-state index contributed by atoms with van der Waals surface area (Å²) >= 11 is 0. The van der Waals surface area contributed by atoms with Gasteiger partial charge in [-0.25, -0.2) is 4.98 Å². The number of hydrogen-bond donors (Lipinski definition) is 0. The molecule has 0 fully saturated rings. The van der Waals surface area contributed by atoms with E-state index in [1.165, 1.54) is 0 Å². The van der Waals surface area contributed by atoms with E-state index < -0.39 is 0 Å². The van der Waals surface area contributed by atoms with E-state index in [0.717, 1.165) is 22.5 Å². The van der Waals surface area contributed by atoms with E-state index in [-0.39, 0.29) is 5.78 Å². The van der Waals surface area contributed by atoms with Crippen molar-refractivity contribution in [2.45, 2.75) is 13.5 Å². The van der Waals surface area contributed by atoms with E-state index in [4.69, 9.17) is 0 Å². The highest BCUT2D eigenvalue weighted by molar-refractivity contribution is 5.96. The van der Waals surface area contributed by atoms with Gasteiger partial charge in [0, 0.05) is 23.5 Å². The molecule has 21 heavy (non-hydrogen) atoms. The number of rotatable bonds is 4. The number of carbonyl (C=O) groups excluding carboxylic acids is 1. The molecule has 0 spiro atoms. The first kappa shape index (κ1) is 13.3. The average Bonchev–Trinajstić information content (AvgIpc) is 2.97. The van der Waals surface area contributed by atoms with Crippen LogP contribution in [0.5, 0.6) is 0 Å². The second-order valence-corrected chi connectivity index (χ2v) is 5.03. The summed E-state index contributed by atoms with van der Waals surface area (Å²) in [6, 6.07) is 17.6. The van der Waals surface area contributed by atoms with Gasteiger partial charge in [-0.1, -0.05) is 60.2 Å². The zero-order chi connectivity index (χ0) is 14.7. The maximum Gasteiger partial charge on any atom is 0.182 e. The molecule has 0 saturated carbocycles. The van der Waals surface area contributed by atoms with E-state index in [1.54, 1.807) is 6.20 Å². The third-order valence-corrected chi connectivity index (χ3v) is 3.43. The lowest BCUT2D eigenvalue weighted by molar-refractivity contribution is 0.0972. The summed E-state index contributed by atoms with van der Waals surface area (Å²) in [5, 5.41) is 0. The molecule has 0 aliphatic heterocycles. The predicted octanol–water partition coefficient (Wildman–Crippen LogP) is 3.74. The Kier molecular flexibility index (Phi) is 3.65. The van der Waals surface area contributed by atoms with Crippen molar-refractivity contribution in [1.29, 1.82) is 0 Å². The standard InChI is InChI=1S/C18H16N2O/c1-14-7-9-15(10-8-14)17(21)13-20-12-11-19-18(20)16-5-3-2-4-6-16/h2-12H,13H2,1H3. The summed E-state index contributed by atoms with van der Waals surface area (Å²) in [4.78, 5) is 16.7. The van der Waals surface area contributed by atoms with Gasteiger partial charge in [0.1, 0.15) is 5.82 Å². The van der Waals surface area contributed by atoms with Crippen LogP contribution in [-0.2, 0) is 6.54 Å². The molecule has 0 radical (unpaired) electrons. The first-order valence-corrected chi connectivity index (χ1v) is 6.90. The van der Waals surface area contributed by atoms with Crippen molar-refractivity contribution < 1.29 is 4.79 Å². The molecule has 0 saturated heterocycles. The highest BCUT2D eigenvalue weighted by Crippen LogP contribution is 2.17. The molecule has 104 valence electrons. The molecule has 0 aliphatic carbocycles. The maximum absolute atomic E-state index is 12.4. The van der Waals surface area contributed by atoms with Crippen LogP contribution in [0.2, 0.25) is 0 Å². The number of benzene rings is 2. The summed E-state index contributed by atoms with van der Waals surface area (Å²) in [7, 11) is 0. The van der Waals surface area contributed by atoms with Crippen LogP contribution in [0.15, 0.2) is 67.0 Å². The molecule has 0 atom stereocenters. The number of hydrogen-bond acceptors (Lipinski definition) is 2. The van der Waals surface area contributed by atoms with Gasteiger partial charge in [0.2, 0.25) is 0 Å². The lowest BCUT2D eigenvalue weighted by Crippen LogP contribution is -2.10. The summed E-state index contributed by atoms with van der Waals surface area (Å²) in [5.74, 6) is 0.904. The second kappa shape index (κ2) is 5.75. The van der Waals surface area contributed by atoms with Gasteiger partial charge in [0.25, 0.3) is 0 Å². The van der Waals surface area contributed by atoms with Crippen LogP contribution in [0.4, 0.5) is 0 Å². The topological polar surface area (TPSA) is 34.9 Å². The van der Waals surface area contributed by atoms with E-state index in [1.807, 2.05) is 72.3 Å². The Morgan fingerprint density at radius 1 is 1.05 bits per heavy atom. The minimum atomic E-state index is 0.0881. The van der Waals surface area contributed by atoms with Gasteiger partial charge in [0.15, 0.2) is 5.78 Å². The Bertz CT molecular complexity index is 742. The molecular weight excluding hydrogens is 260 g/mol. The molecular formula is C18H16N2O. The number of imidazole rings is 1. The fourth-order valence-corrected chi connectivity index (χ4v) is 2.27. The monoisotopic (exact) mass is 276 g/mol. The Morgan fingerprint density at radius 3 is 2.48 bits per heavy atom. The molecule has 0 aliphatic rings. The fraction of sp³-hybridized carbons (Fsp3) is 0.111. The van der Waals surface area contributed by atoms with Crippen molar-refractivity contribution in [1.82, 2.24) is 9.55 Å². The molecule has 0 bridgehead atoms. The maximum atomic E-state index is 12.4. The predicted molar refractivity (Wildman–Crippen MR) is 83.2 cm³/mol. The van der Waals surface area contributed by atoms with Gasteiger partial charge in [0.05, 0.1) is 6.54 Å². The molecule has 3 aromatic rings. The number of nitrogens with zero attached hydrogens (tertiary/aromatic N) is 2. The average molecular weight is 276 g/mol. The molecule has 3 nitrogen and oxygen atoms in total. The summed E-state index contributed by atoms with van der Waals surface area (Å²) in [5.41, 5.74) is 2.90. The van der Waals surface area contributed by atoms with E-state index in [0.29, 0.717) is 6.54 Å². The van der Waals surface area contributed by atoms with Crippen molar-refractivity contribution in [2.75, 3.05) is 0 Å². The van der Waals surface area contributed by atoms with Gasteiger partial charge in [-0.3, -0.25) is 4.79 Å². The summed E-state index contributed by atoms with van der Waals surface area (Å²) < 4.78 is 1.89. The third kappa shape index (κ3) is 2.92. The van der Waals surface area contributed by atoms with Crippen molar-refractivity contribution in [2.24, 2.45) is 0 Å². The fourth-order valence-electron chi connectivity index (χ4n) is 2.27. The molecule has 3 rings (SSSR count). The van der Waals surface area contributed by atoms with Crippen molar-refractivity contribution >= 4 is 5.78 Å². The lowest BCUT2D eigenvalue weighted by atomic mass is 10.1. The number of carbonyl (C=O) groups is 1. The molecule has 1 heterocycles. The van der Waals surface area contributed by atoms with Crippen LogP contribution in [0, 0.1) is 6.92 Å². The zero-order valence-electron chi connectivity index (χ0n) is 11.9. The van der Waals surface area contributed by atoms with E-state index >= 15 is 0 Å². The third-order valence-electron chi connectivity index (χ3n) is 3.43. The Morgan fingerprint density at radius 2 is 1.76 bits per heavy atom. The molecule has 0 N–H and O–H groups in total. The smallest absolute Gasteiger partial charge is 0.182 e. The number of ketones is 1. The molecule has 0 amide bonds. The normalized spacial score (nSPS) is 10.5. The van der Waals surface area contributed by atoms with Gasteiger partial charge in [-0.2, -0.15) is 0 Å². The van der Waals surface area contributed by atoms with Crippen molar-refractivity contribution in [3.05, 3.63) is 78.1 Å². The Hall–Kier alpha value is -2.68. The lowest BCUT2D eigenvalue weighted by Gasteiger charge is -2.07. The molecule has 1 aromatic heterocycles. The molecule has 0 unspecified atom stereocenters. The second-order valence-electron chi connectivity index (χ2n) is 5.03. The van der Waals surface area contributed by atoms with Crippen molar-refractivity contribution in [3.63, 3.8) is 0 Å². The van der Waals surface area contributed by atoms with Gasteiger partial charge >= 0.3 is 0 Å². The van der Waals surface area contributed by atoms with E-state index in [9.17, 15) is 4.79 Å². The largest absolute Gasteiger partial charge is 0.323 e. The molecule has 3 heteroatoms. The van der Waals surface area contributed by atoms with Gasteiger partial charge in [-0.05, 0) is 6.92 Å².